The number of aryl methyl sites for hydroxylation is 1. The third-order valence-corrected chi connectivity index (χ3v) is 2.39. The van der Waals surface area contributed by atoms with Gasteiger partial charge in [0, 0.05) is 12.6 Å². The zero-order chi connectivity index (χ0) is 14.3. The van der Waals surface area contributed by atoms with E-state index in [4.69, 9.17) is 0 Å². The molecule has 102 valence electrons. The van der Waals surface area contributed by atoms with E-state index in [1.165, 1.54) is 0 Å². The average molecular weight is 258 g/mol. The summed E-state index contributed by atoms with van der Waals surface area (Å²) in [5, 5.41) is 11.3. The molecular formula is C15H22N4. The molecule has 4 heteroatoms. The first-order valence-electron chi connectivity index (χ1n) is 6.34. The first kappa shape index (κ1) is 15.1. The minimum absolute atomic E-state index is 0.450. The fourth-order valence-corrected chi connectivity index (χ4v) is 1.40. The summed E-state index contributed by atoms with van der Waals surface area (Å²) in [7, 11) is 0. The molecule has 1 heterocycles. The molecular weight excluding hydrogens is 236 g/mol. The highest BCUT2D eigenvalue weighted by atomic mass is 15.4. The Hall–Kier alpha value is -1.94. The van der Waals surface area contributed by atoms with E-state index in [1.54, 1.807) is 10.8 Å². The predicted molar refractivity (Wildman–Crippen MR) is 80.6 cm³/mol. The van der Waals surface area contributed by atoms with Crippen LogP contribution in [0.2, 0.25) is 0 Å². The minimum Gasteiger partial charge on any atom is -0.310 e. The van der Waals surface area contributed by atoms with Crippen molar-refractivity contribution in [3.05, 3.63) is 54.9 Å². The number of allylic oxidation sites excluding steroid dienone is 4. The first-order valence-corrected chi connectivity index (χ1v) is 6.34. The Morgan fingerprint density at radius 2 is 2.21 bits per heavy atom. The third kappa shape index (κ3) is 5.48. The van der Waals surface area contributed by atoms with Crippen LogP contribution in [0.3, 0.4) is 0 Å². The molecule has 0 unspecified atom stereocenters. The van der Waals surface area contributed by atoms with Gasteiger partial charge in [0.15, 0.2) is 0 Å². The summed E-state index contributed by atoms with van der Waals surface area (Å²) in [6.45, 7) is 14.6. The first-order chi connectivity index (χ1) is 9.02. The van der Waals surface area contributed by atoms with Crippen LogP contribution in [-0.4, -0.2) is 27.6 Å². The van der Waals surface area contributed by atoms with E-state index in [-0.39, 0.29) is 0 Å². The van der Waals surface area contributed by atoms with Gasteiger partial charge in [0.25, 0.3) is 0 Å². The summed E-state index contributed by atoms with van der Waals surface area (Å²) in [5.41, 5.74) is 2.80. The van der Waals surface area contributed by atoms with Crippen LogP contribution in [0.25, 0.3) is 5.70 Å². The second-order valence-corrected chi connectivity index (χ2v) is 4.66. The van der Waals surface area contributed by atoms with E-state index in [0.717, 1.165) is 23.5 Å². The van der Waals surface area contributed by atoms with E-state index >= 15 is 0 Å². The van der Waals surface area contributed by atoms with Crippen molar-refractivity contribution in [2.24, 2.45) is 0 Å². The van der Waals surface area contributed by atoms with Gasteiger partial charge in [-0.05, 0) is 24.6 Å². The zero-order valence-corrected chi connectivity index (χ0v) is 11.9. The average Bonchev–Trinajstić information content (AvgIpc) is 2.78. The number of hydrogen-bond acceptors (Lipinski definition) is 3. The van der Waals surface area contributed by atoms with Crippen molar-refractivity contribution in [1.82, 2.24) is 20.3 Å². The van der Waals surface area contributed by atoms with Gasteiger partial charge in [-0.3, -0.25) is 0 Å². The van der Waals surface area contributed by atoms with Crippen LogP contribution >= 0.6 is 0 Å². The third-order valence-electron chi connectivity index (χ3n) is 2.39. The molecule has 0 radical (unpaired) electrons. The van der Waals surface area contributed by atoms with Crippen molar-refractivity contribution in [3.8, 4) is 0 Å². The van der Waals surface area contributed by atoms with Crippen LogP contribution in [0.15, 0.2) is 49.2 Å². The van der Waals surface area contributed by atoms with Crippen molar-refractivity contribution in [3.63, 3.8) is 0 Å². The van der Waals surface area contributed by atoms with Gasteiger partial charge in [-0.1, -0.05) is 44.4 Å². The predicted octanol–water partition coefficient (Wildman–Crippen LogP) is 2.72. The van der Waals surface area contributed by atoms with Crippen molar-refractivity contribution < 1.29 is 0 Å². The highest BCUT2D eigenvalue weighted by molar-refractivity contribution is 5.59. The minimum atomic E-state index is 0.450. The molecule has 0 saturated carbocycles. The van der Waals surface area contributed by atoms with Gasteiger partial charge in [0.2, 0.25) is 0 Å². The fraction of sp³-hybridized carbons (Fsp3) is 0.333. The molecule has 0 aliphatic heterocycles. The number of nitrogens with one attached hydrogen (secondary N) is 1. The molecule has 1 N–H and O–H groups in total. The summed E-state index contributed by atoms with van der Waals surface area (Å²) in [5.74, 6) is 0. The lowest BCUT2D eigenvalue weighted by Crippen LogP contribution is -2.24. The molecule has 0 aliphatic rings. The second-order valence-electron chi connectivity index (χ2n) is 4.66. The number of hydrogen-bond donors (Lipinski definition) is 1. The lowest BCUT2D eigenvalue weighted by molar-refractivity contribution is 0.626. The van der Waals surface area contributed by atoms with E-state index in [0.29, 0.717) is 6.04 Å². The lowest BCUT2D eigenvalue weighted by Gasteiger charge is -2.07. The highest BCUT2D eigenvalue weighted by Crippen LogP contribution is 2.07. The summed E-state index contributed by atoms with van der Waals surface area (Å²) >= 11 is 0. The molecule has 0 aromatic carbocycles. The van der Waals surface area contributed by atoms with Crippen LogP contribution < -0.4 is 5.32 Å². The summed E-state index contributed by atoms with van der Waals surface area (Å²) in [6.07, 6.45) is 9.41. The van der Waals surface area contributed by atoms with E-state index in [2.05, 4.69) is 42.6 Å². The van der Waals surface area contributed by atoms with Gasteiger partial charge >= 0.3 is 0 Å². The summed E-state index contributed by atoms with van der Waals surface area (Å²) < 4.78 is 1.72. The number of nitrogens with zero attached hydrogens (tertiary/aromatic N) is 3. The molecule has 19 heavy (non-hydrogen) atoms. The Labute approximate surface area is 115 Å². The van der Waals surface area contributed by atoms with Gasteiger partial charge < -0.3 is 5.32 Å². The van der Waals surface area contributed by atoms with Gasteiger partial charge in [-0.25, -0.2) is 4.68 Å². The quantitative estimate of drug-likeness (QED) is 0.765. The maximum Gasteiger partial charge on any atom is 0.0800 e. The standard InChI is InChI=1S/C15H22N4/c1-6-7-15(19-11-14(5)17-18-19)9-8-13(4)10-16-12(2)3/h6-9,11-12,16H,1,4,10H2,2-3,5H3/b9-8-,15-7+. The molecule has 0 aliphatic carbocycles. The van der Waals surface area contributed by atoms with E-state index in [9.17, 15) is 0 Å². The van der Waals surface area contributed by atoms with Crippen LogP contribution in [0.5, 0.6) is 0 Å². The maximum absolute atomic E-state index is 4.04. The van der Waals surface area contributed by atoms with Gasteiger partial charge in [-0.15, -0.1) is 5.10 Å². The van der Waals surface area contributed by atoms with Crippen LogP contribution in [0.4, 0.5) is 0 Å². The zero-order valence-electron chi connectivity index (χ0n) is 11.9. The van der Waals surface area contributed by atoms with E-state index < -0.39 is 0 Å². The molecule has 0 bridgehead atoms. The molecule has 0 spiro atoms. The van der Waals surface area contributed by atoms with E-state index in [1.807, 2.05) is 31.3 Å². The molecule has 0 atom stereocenters. The SMILES string of the molecule is C=C/C=C(\C=C/C(=C)CNC(C)C)n1cc(C)nn1. The van der Waals surface area contributed by atoms with Gasteiger partial charge in [-0.2, -0.15) is 0 Å². The Morgan fingerprint density at radius 1 is 1.47 bits per heavy atom. The molecule has 1 rings (SSSR count). The molecule has 1 aromatic rings. The summed E-state index contributed by atoms with van der Waals surface area (Å²) in [4.78, 5) is 0. The summed E-state index contributed by atoms with van der Waals surface area (Å²) in [6, 6.07) is 0.450. The van der Waals surface area contributed by atoms with Crippen molar-refractivity contribution in [2.75, 3.05) is 6.54 Å². The van der Waals surface area contributed by atoms with Gasteiger partial charge in [0.1, 0.15) is 0 Å². The van der Waals surface area contributed by atoms with Gasteiger partial charge in [0.05, 0.1) is 17.6 Å². The van der Waals surface area contributed by atoms with Crippen LogP contribution in [-0.2, 0) is 0 Å². The number of aromatic nitrogens is 3. The molecule has 4 nitrogen and oxygen atoms in total. The lowest BCUT2D eigenvalue weighted by atomic mass is 10.2. The molecule has 0 amide bonds. The van der Waals surface area contributed by atoms with Crippen LogP contribution in [0.1, 0.15) is 19.5 Å². The molecule has 0 fully saturated rings. The second kappa shape index (κ2) is 7.48. The number of rotatable bonds is 7. The van der Waals surface area contributed by atoms with Crippen molar-refractivity contribution in [1.29, 1.82) is 0 Å². The topological polar surface area (TPSA) is 42.7 Å². The maximum atomic E-state index is 4.04. The largest absolute Gasteiger partial charge is 0.310 e. The smallest absolute Gasteiger partial charge is 0.0800 e. The normalized spacial score (nSPS) is 12.3. The Bertz CT molecular complexity index is 492. The molecule has 0 saturated heterocycles. The van der Waals surface area contributed by atoms with Crippen molar-refractivity contribution in [2.45, 2.75) is 26.8 Å². The molecule has 1 aromatic heterocycles. The Kier molecular flexibility index (Phi) is 5.96. The monoisotopic (exact) mass is 258 g/mol. The van der Waals surface area contributed by atoms with Crippen molar-refractivity contribution >= 4 is 5.70 Å². The highest BCUT2D eigenvalue weighted by Gasteiger charge is 1.99. The Morgan fingerprint density at radius 3 is 2.74 bits per heavy atom. The Balaban J connectivity index is 2.72. The fourth-order valence-electron chi connectivity index (χ4n) is 1.40. The van der Waals surface area contributed by atoms with Crippen LogP contribution in [0, 0.1) is 6.92 Å².